The second-order valence-corrected chi connectivity index (χ2v) is 9.45. The van der Waals surface area contributed by atoms with Crippen molar-refractivity contribution in [2.24, 2.45) is 0 Å². The molecule has 25 heavy (non-hydrogen) atoms. The average Bonchev–Trinajstić information content (AvgIpc) is 2.92. The van der Waals surface area contributed by atoms with Gasteiger partial charge < -0.3 is 0 Å². The Bertz CT molecular complexity index is 948. The average molecular weight is 396 g/mol. The molecule has 1 aromatic carbocycles. The van der Waals surface area contributed by atoms with Crippen LogP contribution in [0.25, 0.3) is 0 Å². The standard InChI is InChI=1S/C15H17N5O2S3/c1-12-17-20(15(23)24-12)11-18-6-8-19(9-7-18)25(21,22)14-4-2-13(10-16)3-5-14/h2-5H,6-9,11H2,1H3. The van der Waals surface area contributed by atoms with Crippen molar-refractivity contribution in [2.45, 2.75) is 18.5 Å². The van der Waals surface area contributed by atoms with E-state index in [1.54, 1.807) is 4.68 Å². The summed E-state index contributed by atoms with van der Waals surface area (Å²) >= 11 is 6.74. The highest BCUT2D eigenvalue weighted by Gasteiger charge is 2.28. The summed E-state index contributed by atoms with van der Waals surface area (Å²) < 4.78 is 29.4. The Morgan fingerprint density at radius 1 is 1.24 bits per heavy atom. The quantitative estimate of drug-likeness (QED) is 0.735. The smallest absolute Gasteiger partial charge is 0.243 e. The van der Waals surface area contributed by atoms with Crippen molar-refractivity contribution in [1.29, 1.82) is 5.26 Å². The maximum Gasteiger partial charge on any atom is 0.243 e. The van der Waals surface area contributed by atoms with E-state index in [9.17, 15) is 8.42 Å². The summed E-state index contributed by atoms with van der Waals surface area (Å²) in [6, 6.07) is 8.00. The second-order valence-electron chi connectivity index (χ2n) is 5.69. The first-order chi connectivity index (χ1) is 11.9. The Kier molecular flexibility index (Phi) is 5.31. The zero-order valence-corrected chi connectivity index (χ0v) is 16.1. The van der Waals surface area contributed by atoms with Crippen LogP contribution in [-0.2, 0) is 16.7 Å². The molecule has 1 aromatic heterocycles. The van der Waals surface area contributed by atoms with Gasteiger partial charge in [-0.2, -0.15) is 14.7 Å². The minimum absolute atomic E-state index is 0.220. The third-order valence-corrected chi connectivity index (χ3v) is 7.13. The van der Waals surface area contributed by atoms with E-state index in [1.807, 2.05) is 13.0 Å². The van der Waals surface area contributed by atoms with Crippen LogP contribution in [-0.4, -0.2) is 53.6 Å². The molecule has 0 saturated carbocycles. The fraction of sp³-hybridized carbons (Fsp3) is 0.400. The van der Waals surface area contributed by atoms with Crippen molar-refractivity contribution in [1.82, 2.24) is 19.0 Å². The SMILES string of the molecule is Cc1nn(CN2CCN(S(=O)(=O)c3ccc(C#N)cc3)CC2)c(=S)s1. The molecule has 3 rings (SSSR count). The lowest BCUT2D eigenvalue weighted by Gasteiger charge is -2.33. The number of piperazine rings is 1. The van der Waals surface area contributed by atoms with E-state index >= 15 is 0 Å². The summed E-state index contributed by atoms with van der Waals surface area (Å²) in [6.45, 7) is 4.56. The fourth-order valence-electron chi connectivity index (χ4n) is 2.65. The van der Waals surface area contributed by atoms with E-state index in [4.69, 9.17) is 17.5 Å². The minimum atomic E-state index is -3.53. The van der Waals surface area contributed by atoms with E-state index in [0.717, 1.165) is 8.96 Å². The molecule has 0 bridgehead atoms. The van der Waals surface area contributed by atoms with Gasteiger partial charge >= 0.3 is 0 Å². The number of sulfonamides is 1. The third-order valence-electron chi connectivity index (χ3n) is 3.99. The third kappa shape index (κ3) is 3.96. The molecule has 1 aliphatic rings. The van der Waals surface area contributed by atoms with Gasteiger partial charge in [-0.1, -0.05) is 11.3 Å². The Balaban J connectivity index is 1.65. The normalized spacial score (nSPS) is 16.6. The summed E-state index contributed by atoms with van der Waals surface area (Å²) in [6.07, 6.45) is 0. The largest absolute Gasteiger partial charge is 0.282 e. The number of hydrogen-bond donors (Lipinski definition) is 0. The van der Waals surface area contributed by atoms with Gasteiger partial charge in [-0.15, -0.1) is 0 Å². The minimum Gasteiger partial charge on any atom is -0.282 e. The molecule has 0 aliphatic carbocycles. The number of aryl methyl sites for hydroxylation is 1. The van der Waals surface area contributed by atoms with Gasteiger partial charge in [-0.25, -0.2) is 13.1 Å². The molecule has 0 radical (unpaired) electrons. The summed E-state index contributed by atoms with van der Waals surface area (Å²) in [5, 5.41) is 14.1. The van der Waals surface area contributed by atoms with Crippen LogP contribution in [0.5, 0.6) is 0 Å². The first kappa shape index (κ1) is 18.2. The Morgan fingerprint density at radius 3 is 2.40 bits per heavy atom. The van der Waals surface area contributed by atoms with Crippen LogP contribution in [0.15, 0.2) is 29.2 Å². The first-order valence-corrected chi connectivity index (χ1v) is 10.3. The molecule has 1 saturated heterocycles. The molecular formula is C15H17N5O2S3. The van der Waals surface area contributed by atoms with Crippen molar-refractivity contribution in [2.75, 3.05) is 26.2 Å². The molecule has 2 heterocycles. The number of hydrogen-bond acceptors (Lipinski definition) is 7. The maximum atomic E-state index is 12.7. The van der Waals surface area contributed by atoms with Gasteiger partial charge in [0.25, 0.3) is 0 Å². The zero-order valence-electron chi connectivity index (χ0n) is 13.6. The van der Waals surface area contributed by atoms with Crippen LogP contribution in [0.1, 0.15) is 10.6 Å². The molecule has 0 atom stereocenters. The summed E-state index contributed by atoms with van der Waals surface area (Å²) in [5.74, 6) is 0. The van der Waals surface area contributed by atoms with Crippen LogP contribution in [0.4, 0.5) is 0 Å². The zero-order chi connectivity index (χ0) is 18.0. The predicted octanol–water partition coefficient (Wildman–Crippen LogP) is 1.82. The highest BCUT2D eigenvalue weighted by Crippen LogP contribution is 2.18. The highest BCUT2D eigenvalue weighted by atomic mass is 32.2. The van der Waals surface area contributed by atoms with E-state index in [-0.39, 0.29) is 4.90 Å². The number of benzene rings is 1. The van der Waals surface area contributed by atoms with Crippen LogP contribution in [0, 0.1) is 22.2 Å². The van der Waals surface area contributed by atoms with E-state index in [0.29, 0.717) is 38.4 Å². The summed E-state index contributed by atoms with van der Waals surface area (Å²) in [7, 11) is -3.53. The Hall–Kier alpha value is -1.64. The van der Waals surface area contributed by atoms with Crippen LogP contribution in [0.2, 0.25) is 0 Å². The Labute approximate surface area is 155 Å². The molecule has 0 N–H and O–H groups in total. The fourth-order valence-corrected chi connectivity index (χ4v) is 5.13. The molecular weight excluding hydrogens is 378 g/mol. The van der Waals surface area contributed by atoms with E-state index in [2.05, 4.69) is 10.00 Å². The van der Waals surface area contributed by atoms with Gasteiger partial charge in [0.05, 0.1) is 23.2 Å². The lowest BCUT2D eigenvalue weighted by atomic mass is 10.2. The molecule has 7 nitrogen and oxygen atoms in total. The molecule has 132 valence electrons. The highest BCUT2D eigenvalue weighted by molar-refractivity contribution is 7.89. The number of rotatable bonds is 4. The van der Waals surface area contributed by atoms with Gasteiger partial charge in [0, 0.05) is 26.2 Å². The van der Waals surface area contributed by atoms with Crippen LogP contribution in [0.3, 0.4) is 0 Å². The molecule has 2 aromatic rings. The number of nitriles is 1. The number of aromatic nitrogens is 2. The van der Waals surface area contributed by atoms with Gasteiger partial charge in [0.15, 0.2) is 3.95 Å². The number of nitrogens with zero attached hydrogens (tertiary/aromatic N) is 5. The van der Waals surface area contributed by atoms with Crippen LogP contribution >= 0.6 is 23.6 Å². The molecule has 0 amide bonds. The van der Waals surface area contributed by atoms with Crippen molar-refractivity contribution in [3.8, 4) is 6.07 Å². The molecule has 10 heteroatoms. The van der Waals surface area contributed by atoms with E-state index in [1.165, 1.54) is 39.9 Å². The van der Waals surface area contributed by atoms with Gasteiger partial charge in [-0.3, -0.25) is 4.90 Å². The van der Waals surface area contributed by atoms with Crippen LogP contribution < -0.4 is 0 Å². The Morgan fingerprint density at radius 2 is 1.88 bits per heavy atom. The molecule has 0 spiro atoms. The summed E-state index contributed by atoms with van der Waals surface area (Å²) in [4.78, 5) is 2.36. The van der Waals surface area contributed by atoms with E-state index < -0.39 is 10.0 Å². The van der Waals surface area contributed by atoms with Gasteiger partial charge in [0.1, 0.15) is 5.01 Å². The topological polar surface area (TPSA) is 82.2 Å². The first-order valence-electron chi connectivity index (χ1n) is 7.67. The molecule has 0 unspecified atom stereocenters. The van der Waals surface area contributed by atoms with Gasteiger partial charge in [0.2, 0.25) is 10.0 Å². The monoisotopic (exact) mass is 395 g/mol. The van der Waals surface area contributed by atoms with Gasteiger partial charge in [-0.05, 0) is 43.4 Å². The van der Waals surface area contributed by atoms with Crippen molar-refractivity contribution in [3.05, 3.63) is 38.8 Å². The lowest BCUT2D eigenvalue weighted by Crippen LogP contribution is -2.48. The molecule has 1 fully saturated rings. The predicted molar refractivity (Wildman–Crippen MR) is 97.2 cm³/mol. The summed E-state index contributed by atoms with van der Waals surface area (Å²) in [5.41, 5.74) is 0.444. The maximum absolute atomic E-state index is 12.7. The molecule has 1 aliphatic heterocycles. The lowest BCUT2D eigenvalue weighted by molar-refractivity contribution is 0.145. The van der Waals surface area contributed by atoms with Crippen molar-refractivity contribution in [3.63, 3.8) is 0 Å². The van der Waals surface area contributed by atoms with Crippen molar-refractivity contribution >= 4 is 33.6 Å². The van der Waals surface area contributed by atoms with Crippen molar-refractivity contribution < 1.29 is 8.42 Å². The second kappa shape index (κ2) is 7.31.